The van der Waals surface area contributed by atoms with Crippen LogP contribution in [0.1, 0.15) is 25.0 Å². The predicted molar refractivity (Wildman–Crippen MR) is 156 cm³/mol. The summed E-state index contributed by atoms with van der Waals surface area (Å²) in [6, 6.07) is 15.8. The fourth-order valence-corrected chi connectivity index (χ4v) is 5.35. The van der Waals surface area contributed by atoms with Gasteiger partial charge in [0.15, 0.2) is 5.76 Å². The topological polar surface area (TPSA) is 95.8 Å². The molecule has 1 aliphatic carbocycles. The van der Waals surface area contributed by atoms with Crippen molar-refractivity contribution in [3.05, 3.63) is 100 Å². The lowest BCUT2D eigenvalue weighted by molar-refractivity contribution is 0.330. The second kappa shape index (κ2) is 13.1. The van der Waals surface area contributed by atoms with E-state index in [1.54, 1.807) is 56.7 Å². The third kappa shape index (κ3) is 7.27. The van der Waals surface area contributed by atoms with E-state index < -0.39 is 17.2 Å². The van der Waals surface area contributed by atoms with Crippen LogP contribution in [0.15, 0.2) is 89.0 Å². The van der Waals surface area contributed by atoms with Crippen molar-refractivity contribution in [3.63, 3.8) is 0 Å². The Balaban J connectivity index is 1.57. The Hall–Kier alpha value is -3.72. The summed E-state index contributed by atoms with van der Waals surface area (Å²) in [7, 11) is -1.47. The van der Waals surface area contributed by atoms with Gasteiger partial charge in [0.2, 0.25) is 0 Å². The van der Waals surface area contributed by atoms with E-state index in [4.69, 9.17) is 27.6 Å². The molecule has 0 saturated carbocycles. The maximum Gasteiger partial charge on any atom is 0.460 e. The first-order chi connectivity index (χ1) is 19.2. The normalized spacial score (nSPS) is 13.8. The minimum atomic E-state index is -2.31. The molecule has 0 radical (unpaired) electrons. The van der Waals surface area contributed by atoms with E-state index in [0.717, 1.165) is 22.3 Å². The molecule has 0 heterocycles. The maximum atomic E-state index is 10.5. The summed E-state index contributed by atoms with van der Waals surface area (Å²) in [5.74, 6) is 2.66. The highest BCUT2D eigenvalue weighted by Gasteiger charge is 2.20. The Bertz CT molecular complexity index is 1530. The number of allylic oxidation sites excluding steroid dienone is 3. The van der Waals surface area contributed by atoms with Crippen molar-refractivity contribution < 1.29 is 37.4 Å². The summed E-state index contributed by atoms with van der Waals surface area (Å²) in [5.41, 5.74) is 10.7. The van der Waals surface area contributed by atoms with Gasteiger partial charge in [-0.2, -0.15) is 0 Å². The van der Waals surface area contributed by atoms with E-state index >= 15 is 0 Å². The van der Waals surface area contributed by atoms with Crippen LogP contribution in [-0.2, 0) is 4.52 Å². The standard InChI is InChI=1S/C30H30O8P2/c1-19-7-11-27(21(3)15-19)37-39(31)35-23-9-13-29(33-5)25(17-23)26-18-24(10-14-30(26)34-6)36-40(32)38-28-12-8-20(2)16-22(28)4/h7,9-11,13-18,31-32H,1-6H3. The molecule has 4 rings (SSSR count). The molecule has 2 unspecified atom stereocenters. The molecular weight excluding hydrogens is 550 g/mol. The molecule has 208 valence electrons. The Kier molecular flexibility index (Phi) is 9.58. The zero-order chi connectivity index (χ0) is 28.8. The molecule has 0 amide bonds. The van der Waals surface area contributed by atoms with Gasteiger partial charge >= 0.3 is 17.2 Å². The first-order valence-electron chi connectivity index (χ1n) is 12.2. The van der Waals surface area contributed by atoms with Crippen molar-refractivity contribution in [2.75, 3.05) is 14.2 Å². The number of hydrogen-bond donors (Lipinski definition) is 2. The summed E-state index contributed by atoms with van der Waals surface area (Å²) in [4.78, 5) is 21.0. The molecule has 0 fully saturated rings. The molecule has 0 spiro atoms. The van der Waals surface area contributed by atoms with Crippen LogP contribution in [-0.4, -0.2) is 24.0 Å². The Labute approximate surface area is 236 Å². The molecule has 3 aromatic rings. The first-order valence-corrected chi connectivity index (χ1v) is 14.5. The number of methoxy groups -OCH3 is 2. The largest absolute Gasteiger partial charge is 0.496 e. The van der Waals surface area contributed by atoms with Crippen molar-refractivity contribution in [3.8, 4) is 39.9 Å². The van der Waals surface area contributed by atoms with Gasteiger partial charge in [-0.1, -0.05) is 23.4 Å². The number of hydrogen-bond acceptors (Lipinski definition) is 8. The second-order valence-corrected chi connectivity index (χ2v) is 10.6. The maximum absolute atomic E-state index is 10.5. The minimum absolute atomic E-state index is 0.342. The van der Waals surface area contributed by atoms with Gasteiger partial charge < -0.3 is 37.4 Å². The molecule has 3 aromatic carbocycles. The third-order valence-electron chi connectivity index (χ3n) is 5.84. The molecule has 2 N–H and O–H groups in total. The fraction of sp³-hybridized carbons (Fsp3) is 0.200. The third-order valence-corrected chi connectivity index (χ3v) is 7.27. The molecular formula is C30H30O8P2. The highest BCUT2D eigenvalue weighted by atomic mass is 31.2. The van der Waals surface area contributed by atoms with Gasteiger partial charge in [-0.25, -0.2) is 0 Å². The zero-order valence-corrected chi connectivity index (χ0v) is 24.8. The quantitative estimate of drug-likeness (QED) is 0.175. The number of rotatable bonds is 11. The highest BCUT2D eigenvalue weighted by molar-refractivity contribution is 7.41. The summed E-state index contributed by atoms with van der Waals surface area (Å²) in [6.07, 6.45) is 1.88. The monoisotopic (exact) mass is 580 g/mol. The lowest BCUT2D eigenvalue weighted by Gasteiger charge is -2.18. The molecule has 0 saturated heterocycles. The van der Waals surface area contributed by atoms with Crippen LogP contribution in [0.25, 0.3) is 11.1 Å². The van der Waals surface area contributed by atoms with Crippen LogP contribution in [0.2, 0.25) is 0 Å². The van der Waals surface area contributed by atoms with Crippen LogP contribution < -0.4 is 23.0 Å². The SMILES string of the molecule is COc1ccc(OP(O)OC2=C=C=C(C)C=C2C)cc1-c1cc(OP(O)Oc2ccc(C)cc2C)ccc1OC. The van der Waals surface area contributed by atoms with Crippen LogP contribution in [0.5, 0.6) is 28.7 Å². The van der Waals surface area contributed by atoms with Crippen molar-refractivity contribution in [1.29, 1.82) is 0 Å². The summed E-state index contributed by atoms with van der Waals surface area (Å²) >= 11 is 0. The van der Waals surface area contributed by atoms with Crippen LogP contribution in [0, 0.1) is 13.8 Å². The summed E-state index contributed by atoms with van der Waals surface area (Å²) in [5, 5.41) is 0. The first kappa shape index (κ1) is 29.3. The van der Waals surface area contributed by atoms with E-state index in [1.165, 1.54) is 0 Å². The zero-order valence-electron chi connectivity index (χ0n) is 23.0. The van der Waals surface area contributed by atoms with E-state index in [2.05, 4.69) is 11.5 Å². The lowest BCUT2D eigenvalue weighted by Crippen LogP contribution is -1.98. The van der Waals surface area contributed by atoms with Crippen molar-refractivity contribution in [2.45, 2.75) is 27.7 Å². The van der Waals surface area contributed by atoms with Crippen LogP contribution in [0.3, 0.4) is 0 Å². The van der Waals surface area contributed by atoms with Crippen molar-refractivity contribution in [2.24, 2.45) is 0 Å². The number of benzene rings is 3. The average molecular weight is 581 g/mol. The second-order valence-electron chi connectivity index (χ2n) is 8.92. The number of aryl methyl sites for hydroxylation is 2. The van der Waals surface area contributed by atoms with Gasteiger partial charge in [-0.3, -0.25) is 0 Å². The minimum Gasteiger partial charge on any atom is -0.496 e. The molecule has 0 aromatic heterocycles. The summed E-state index contributed by atoms with van der Waals surface area (Å²) < 4.78 is 33.8. The highest BCUT2D eigenvalue weighted by Crippen LogP contribution is 2.46. The molecule has 10 heteroatoms. The predicted octanol–water partition coefficient (Wildman–Crippen LogP) is 7.82. The Morgan fingerprint density at radius 3 is 1.70 bits per heavy atom. The van der Waals surface area contributed by atoms with Gasteiger partial charge in [-0.05, 0) is 93.1 Å². The van der Waals surface area contributed by atoms with Gasteiger partial charge in [0.05, 0.1) is 14.2 Å². The molecule has 8 nitrogen and oxygen atoms in total. The van der Waals surface area contributed by atoms with Crippen molar-refractivity contribution >= 4 is 17.2 Å². The van der Waals surface area contributed by atoms with E-state index in [-0.39, 0.29) is 0 Å². The summed E-state index contributed by atoms with van der Waals surface area (Å²) in [6.45, 7) is 7.64. The van der Waals surface area contributed by atoms with E-state index in [0.29, 0.717) is 45.6 Å². The lowest BCUT2D eigenvalue weighted by atomic mass is 10.0. The molecule has 2 atom stereocenters. The molecule has 1 aliphatic rings. The van der Waals surface area contributed by atoms with E-state index in [9.17, 15) is 9.79 Å². The fourth-order valence-electron chi connectivity index (χ4n) is 3.97. The number of ether oxygens (including phenoxy) is 2. The smallest absolute Gasteiger partial charge is 0.460 e. The van der Waals surface area contributed by atoms with Crippen molar-refractivity contribution in [1.82, 2.24) is 0 Å². The molecule has 40 heavy (non-hydrogen) atoms. The van der Waals surface area contributed by atoms with Crippen LogP contribution in [0.4, 0.5) is 0 Å². The van der Waals surface area contributed by atoms with Crippen LogP contribution >= 0.6 is 17.2 Å². The van der Waals surface area contributed by atoms with Gasteiger partial charge in [-0.15, -0.1) is 0 Å². The van der Waals surface area contributed by atoms with Gasteiger partial charge in [0.25, 0.3) is 0 Å². The van der Waals surface area contributed by atoms with Gasteiger partial charge in [0.1, 0.15) is 28.7 Å². The molecule has 0 bridgehead atoms. The molecule has 0 aliphatic heterocycles. The van der Waals surface area contributed by atoms with E-state index in [1.807, 2.05) is 45.9 Å². The van der Waals surface area contributed by atoms with Gasteiger partial charge in [0, 0.05) is 16.7 Å². The Morgan fingerprint density at radius 1 is 0.625 bits per heavy atom. The average Bonchev–Trinajstić information content (AvgIpc) is 2.92. The Morgan fingerprint density at radius 2 is 1.18 bits per heavy atom.